The van der Waals surface area contributed by atoms with E-state index in [0.717, 1.165) is 35.7 Å². The first kappa shape index (κ1) is 13.6. The summed E-state index contributed by atoms with van der Waals surface area (Å²) in [7, 11) is 0. The molecule has 0 spiro atoms. The van der Waals surface area contributed by atoms with Crippen molar-refractivity contribution >= 4 is 16.7 Å². The van der Waals surface area contributed by atoms with Crippen LogP contribution in [0.4, 0.5) is 5.69 Å². The number of benzene rings is 1. The molecule has 2 aromatic heterocycles. The second-order valence-corrected chi connectivity index (χ2v) is 5.21. The Morgan fingerprint density at radius 2 is 2.00 bits per heavy atom. The van der Waals surface area contributed by atoms with Crippen molar-refractivity contribution in [1.29, 1.82) is 0 Å². The Kier molecular flexibility index (Phi) is 3.86. The van der Waals surface area contributed by atoms with Crippen molar-refractivity contribution in [3.63, 3.8) is 0 Å². The van der Waals surface area contributed by atoms with E-state index in [0.29, 0.717) is 6.54 Å². The van der Waals surface area contributed by atoms with Gasteiger partial charge in [0.1, 0.15) is 5.82 Å². The molecule has 1 aromatic carbocycles. The first-order valence-electron chi connectivity index (χ1n) is 7.38. The third-order valence-electron chi connectivity index (χ3n) is 3.54. The maximum Gasteiger partial charge on any atom is 0.129 e. The SMILES string of the molecule is CCCn1c(CNc2ccc(C)nc2)nc2ccccc21. The summed E-state index contributed by atoms with van der Waals surface area (Å²) in [5, 5.41) is 3.40. The molecule has 0 radical (unpaired) electrons. The van der Waals surface area contributed by atoms with E-state index in [2.05, 4.69) is 46.1 Å². The Balaban J connectivity index is 1.85. The molecule has 2 heterocycles. The molecule has 4 heteroatoms. The molecule has 0 aliphatic rings. The van der Waals surface area contributed by atoms with Gasteiger partial charge < -0.3 is 9.88 Å². The number of aryl methyl sites for hydroxylation is 2. The number of imidazole rings is 1. The van der Waals surface area contributed by atoms with Gasteiger partial charge in [0.2, 0.25) is 0 Å². The summed E-state index contributed by atoms with van der Waals surface area (Å²) >= 11 is 0. The largest absolute Gasteiger partial charge is 0.377 e. The molecule has 0 saturated heterocycles. The van der Waals surface area contributed by atoms with Crippen LogP contribution in [0, 0.1) is 6.92 Å². The van der Waals surface area contributed by atoms with Crippen molar-refractivity contribution in [2.45, 2.75) is 33.4 Å². The molecule has 0 saturated carbocycles. The van der Waals surface area contributed by atoms with E-state index in [9.17, 15) is 0 Å². The molecular weight excluding hydrogens is 260 g/mol. The topological polar surface area (TPSA) is 42.7 Å². The maximum absolute atomic E-state index is 4.74. The summed E-state index contributed by atoms with van der Waals surface area (Å²) in [5.74, 6) is 1.07. The van der Waals surface area contributed by atoms with E-state index in [1.54, 1.807) is 0 Å². The summed E-state index contributed by atoms with van der Waals surface area (Å²) in [5.41, 5.74) is 4.32. The number of aromatic nitrogens is 3. The smallest absolute Gasteiger partial charge is 0.129 e. The van der Waals surface area contributed by atoms with Crippen LogP contribution in [0.25, 0.3) is 11.0 Å². The van der Waals surface area contributed by atoms with Crippen LogP contribution in [-0.2, 0) is 13.1 Å². The molecule has 1 N–H and O–H groups in total. The number of hydrogen-bond donors (Lipinski definition) is 1. The van der Waals surface area contributed by atoms with E-state index >= 15 is 0 Å². The van der Waals surface area contributed by atoms with Crippen LogP contribution in [0.15, 0.2) is 42.6 Å². The van der Waals surface area contributed by atoms with Crippen LogP contribution in [0.2, 0.25) is 0 Å². The molecule has 0 aliphatic heterocycles. The fourth-order valence-electron chi connectivity index (χ4n) is 2.49. The number of fused-ring (bicyclic) bond motifs is 1. The quantitative estimate of drug-likeness (QED) is 0.773. The first-order valence-corrected chi connectivity index (χ1v) is 7.38. The van der Waals surface area contributed by atoms with E-state index < -0.39 is 0 Å². The maximum atomic E-state index is 4.74. The molecule has 0 amide bonds. The zero-order chi connectivity index (χ0) is 14.7. The van der Waals surface area contributed by atoms with Gasteiger partial charge in [-0.25, -0.2) is 4.98 Å². The zero-order valence-corrected chi connectivity index (χ0v) is 12.5. The average molecular weight is 280 g/mol. The van der Waals surface area contributed by atoms with Crippen molar-refractivity contribution in [3.8, 4) is 0 Å². The third-order valence-corrected chi connectivity index (χ3v) is 3.54. The first-order chi connectivity index (χ1) is 10.3. The van der Waals surface area contributed by atoms with Gasteiger partial charge in [-0.15, -0.1) is 0 Å². The summed E-state index contributed by atoms with van der Waals surface area (Å²) < 4.78 is 2.30. The summed E-state index contributed by atoms with van der Waals surface area (Å²) in [6, 6.07) is 12.4. The molecule has 3 rings (SSSR count). The average Bonchev–Trinajstić information content (AvgIpc) is 2.85. The number of anilines is 1. The van der Waals surface area contributed by atoms with E-state index in [1.165, 1.54) is 5.52 Å². The van der Waals surface area contributed by atoms with Crippen LogP contribution in [-0.4, -0.2) is 14.5 Å². The lowest BCUT2D eigenvalue weighted by molar-refractivity contribution is 0.661. The molecule has 21 heavy (non-hydrogen) atoms. The van der Waals surface area contributed by atoms with Crippen molar-refractivity contribution in [2.75, 3.05) is 5.32 Å². The minimum atomic E-state index is 0.708. The molecule has 0 unspecified atom stereocenters. The fraction of sp³-hybridized carbons (Fsp3) is 0.294. The van der Waals surface area contributed by atoms with Crippen LogP contribution in [0.3, 0.4) is 0 Å². The van der Waals surface area contributed by atoms with Gasteiger partial charge in [-0.3, -0.25) is 4.98 Å². The molecule has 108 valence electrons. The Morgan fingerprint density at radius 3 is 2.76 bits per heavy atom. The van der Waals surface area contributed by atoms with Gasteiger partial charge in [0.05, 0.1) is 29.5 Å². The zero-order valence-electron chi connectivity index (χ0n) is 12.5. The summed E-state index contributed by atoms with van der Waals surface area (Å²) in [6.07, 6.45) is 2.96. The van der Waals surface area contributed by atoms with Crippen LogP contribution >= 0.6 is 0 Å². The summed E-state index contributed by atoms with van der Waals surface area (Å²) in [4.78, 5) is 9.05. The molecule has 0 atom stereocenters. The second kappa shape index (κ2) is 5.95. The third kappa shape index (κ3) is 2.89. The molecule has 3 aromatic rings. The van der Waals surface area contributed by atoms with Gasteiger partial charge in [-0.05, 0) is 37.6 Å². The normalized spacial score (nSPS) is 11.0. The number of hydrogen-bond acceptors (Lipinski definition) is 3. The van der Waals surface area contributed by atoms with E-state index in [1.807, 2.05) is 25.3 Å². The molecular formula is C17H20N4. The van der Waals surface area contributed by atoms with Gasteiger partial charge in [-0.1, -0.05) is 19.1 Å². The second-order valence-electron chi connectivity index (χ2n) is 5.21. The monoisotopic (exact) mass is 280 g/mol. The number of para-hydroxylation sites is 2. The van der Waals surface area contributed by atoms with E-state index in [4.69, 9.17) is 4.98 Å². The van der Waals surface area contributed by atoms with Gasteiger partial charge >= 0.3 is 0 Å². The van der Waals surface area contributed by atoms with Crippen molar-refractivity contribution in [3.05, 3.63) is 54.1 Å². The summed E-state index contributed by atoms with van der Waals surface area (Å²) in [6.45, 7) is 5.88. The predicted molar refractivity (Wildman–Crippen MR) is 86.3 cm³/mol. The van der Waals surface area contributed by atoms with E-state index in [-0.39, 0.29) is 0 Å². The van der Waals surface area contributed by atoms with Crippen molar-refractivity contribution < 1.29 is 0 Å². The predicted octanol–water partition coefficient (Wildman–Crippen LogP) is 3.76. The van der Waals surface area contributed by atoms with Gasteiger partial charge in [0.15, 0.2) is 0 Å². The Bertz CT molecular complexity index is 728. The minimum absolute atomic E-state index is 0.708. The highest BCUT2D eigenvalue weighted by Gasteiger charge is 2.09. The minimum Gasteiger partial charge on any atom is -0.377 e. The Morgan fingerprint density at radius 1 is 1.14 bits per heavy atom. The van der Waals surface area contributed by atoms with Gasteiger partial charge in [0.25, 0.3) is 0 Å². The molecule has 0 fully saturated rings. The highest BCUT2D eigenvalue weighted by Crippen LogP contribution is 2.17. The lowest BCUT2D eigenvalue weighted by Crippen LogP contribution is -2.09. The highest BCUT2D eigenvalue weighted by molar-refractivity contribution is 5.76. The van der Waals surface area contributed by atoms with Crippen molar-refractivity contribution in [1.82, 2.24) is 14.5 Å². The highest BCUT2D eigenvalue weighted by atomic mass is 15.1. The Labute approximate surface area is 124 Å². The van der Waals surface area contributed by atoms with Crippen LogP contribution in [0.5, 0.6) is 0 Å². The van der Waals surface area contributed by atoms with Crippen molar-refractivity contribution in [2.24, 2.45) is 0 Å². The fourth-order valence-corrected chi connectivity index (χ4v) is 2.49. The number of rotatable bonds is 5. The van der Waals surface area contributed by atoms with Crippen LogP contribution in [0.1, 0.15) is 24.9 Å². The Hall–Kier alpha value is -2.36. The van der Waals surface area contributed by atoms with Gasteiger partial charge in [0, 0.05) is 12.2 Å². The lowest BCUT2D eigenvalue weighted by Gasteiger charge is -2.09. The van der Waals surface area contributed by atoms with Crippen LogP contribution < -0.4 is 5.32 Å². The standard InChI is InChI=1S/C17H20N4/c1-3-10-21-16-7-5-4-6-15(16)20-17(21)12-19-14-9-8-13(2)18-11-14/h4-9,11,19H,3,10,12H2,1-2H3. The number of nitrogens with zero attached hydrogens (tertiary/aromatic N) is 3. The molecule has 0 aliphatic carbocycles. The molecule has 0 bridgehead atoms. The molecule has 4 nitrogen and oxygen atoms in total. The number of pyridine rings is 1. The number of nitrogens with one attached hydrogen (secondary N) is 1. The lowest BCUT2D eigenvalue weighted by atomic mass is 10.3. The van der Waals surface area contributed by atoms with Gasteiger partial charge in [-0.2, -0.15) is 0 Å².